The van der Waals surface area contributed by atoms with Crippen LogP contribution in [-0.4, -0.2) is 18.1 Å². The summed E-state index contributed by atoms with van der Waals surface area (Å²) >= 11 is 0. The Kier molecular flexibility index (Phi) is 6.22. The molecule has 0 saturated heterocycles. The summed E-state index contributed by atoms with van der Waals surface area (Å²) in [6.07, 6.45) is 5.86. The van der Waals surface area contributed by atoms with E-state index in [0.29, 0.717) is 0 Å². The van der Waals surface area contributed by atoms with Crippen molar-refractivity contribution in [1.29, 1.82) is 0 Å². The average molecular weight is 284 g/mol. The Morgan fingerprint density at radius 1 is 1.05 bits per heavy atom. The average Bonchev–Trinajstić information content (AvgIpc) is 2.55. The predicted molar refractivity (Wildman–Crippen MR) is 86.6 cm³/mol. The Morgan fingerprint density at radius 2 is 1.86 bits per heavy atom. The topological polar surface area (TPSA) is 34.1 Å². The van der Waals surface area contributed by atoms with Gasteiger partial charge in [-0.05, 0) is 48.7 Å². The first kappa shape index (κ1) is 15.5. The molecule has 1 atom stereocenters. The van der Waals surface area contributed by atoms with Crippen molar-refractivity contribution >= 4 is 0 Å². The third-order valence-electron chi connectivity index (χ3n) is 3.30. The standard InChI is InChI=1S/C18H24N2O/c1-3-11-20-18(16-6-5-12-19-14-16)15-7-9-17(10-8-15)21-13-4-2/h5-10,12,14,18,20H,3-4,11,13H2,1-2H3. The molecule has 0 saturated carbocycles. The maximum absolute atomic E-state index is 5.64. The van der Waals surface area contributed by atoms with Gasteiger partial charge in [0, 0.05) is 12.4 Å². The second-order valence-corrected chi connectivity index (χ2v) is 5.09. The summed E-state index contributed by atoms with van der Waals surface area (Å²) < 4.78 is 5.64. The Bertz CT molecular complexity index is 511. The number of benzene rings is 1. The largest absolute Gasteiger partial charge is 0.494 e. The van der Waals surface area contributed by atoms with E-state index in [-0.39, 0.29) is 6.04 Å². The quantitative estimate of drug-likeness (QED) is 0.796. The van der Waals surface area contributed by atoms with Crippen LogP contribution in [-0.2, 0) is 0 Å². The van der Waals surface area contributed by atoms with Crippen molar-refractivity contribution in [2.45, 2.75) is 32.7 Å². The Labute approximate surface area is 127 Å². The molecule has 1 aromatic heterocycles. The van der Waals surface area contributed by atoms with Crippen LogP contribution in [0.4, 0.5) is 0 Å². The van der Waals surface area contributed by atoms with Gasteiger partial charge < -0.3 is 10.1 Å². The summed E-state index contributed by atoms with van der Waals surface area (Å²) in [5.74, 6) is 0.932. The van der Waals surface area contributed by atoms with Gasteiger partial charge in [0.1, 0.15) is 5.75 Å². The van der Waals surface area contributed by atoms with Crippen molar-refractivity contribution in [1.82, 2.24) is 10.3 Å². The molecule has 1 N–H and O–H groups in total. The Balaban J connectivity index is 2.16. The molecule has 0 spiro atoms. The van der Waals surface area contributed by atoms with Crippen LogP contribution in [0, 0.1) is 0 Å². The van der Waals surface area contributed by atoms with Crippen LogP contribution >= 0.6 is 0 Å². The van der Waals surface area contributed by atoms with E-state index in [4.69, 9.17) is 4.74 Å². The minimum Gasteiger partial charge on any atom is -0.494 e. The normalized spacial score (nSPS) is 12.1. The molecule has 1 aromatic carbocycles. The number of ether oxygens (including phenoxy) is 1. The van der Waals surface area contributed by atoms with E-state index < -0.39 is 0 Å². The van der Waals surface area contributed by atoms with Crippen LogP contribution in [0.25, 0.3) is 0 Å². The highest BCUT2D eigenvalue weighted by Gasteiger charge is 2.13. The lowest BCUT2D eigenvalue weighted by Crippen LogP contribution is -2.23. The van der Waals surface area contributed by atoms with Crippen molar-refractivity contribution in [3.8, 4) is 5.75 Å². The Morgan fingerprint density at radius 3 is 2.48 bits per heavy atom. The molecule has 2 aromatic rings. The zero-order valence-electron chi connectivity index (χ0n) is 12.9. The summed E-state index contributed by atoms with van der Waals surface area (Å²) in [5, 5.41) is 3.58. The number of rotatable bonds is 8. The third kappa shape index (κ3) is 4.57. The van der Waals surface area contributed by atoms with Gasteiger partial charge in [0.15, 0.2) is 0 Å². The fourth-order valence-electron chi connectivity index (χ4n) is 2.24. The van der Waals surface area contributed by atoms with Crippen LogP contribution in [0.2, 0.25) is 0 Å². The second kappa shape index (κ2) is 8.42. The highest BCUT2D eigenvalue weighted by atomic mass is 16.5. The fraction of sp³-hybridized carbons (Fsp3) is 0.389. The van der Waals surface area contributed by atoms with Crippen LogP contribution in [0.15, 0.2) is 48.8 Å². The molecule has 0 radical (unpaired) electrons. The van der Waals surface area contributed by atoms with Gasteiger partial charge in [0.25, 0.3) is 0 Å². The molecule has 0 amide bonds. The highest BCUT2D eigenvalue weighted by Crippen LogP contribution is 2.23. The van der Waals surface area contributed by atoms with Crippen LogP contribution < -0.4 is 10.1 Å². The third-order valence-corrected chi connectivity index (χ3v) is 3.30. The summed E-state index contributed by atoms with van der Waals surface area (Å²) in [6, 6.07) is 12.6. The molecule has 0 fully saturated rings. The molecular weight excluding hydrogens is 260 g/mol. The predicted octanol–water partition coefficient (Wildman–Crippen LogP) is 3.96. The molecule has 3 heteroatoms. The lowest BCUT2D eigenvalue weighted by atomic mass is 10.00. The molecule has 1 heterocycles. The van der Waals surface area contributed by atoms with Gasteiger partial charge in [-0.3, -0.25) is 4.98 Å². The lowest BCUT2D eigenvalue weighted by molar-refractivity contribution is 0.317. The van der Waals surface area contributed by atoms with Gasteiger partial charge in [0.05, 0.1) is 12.6 Å². The van der Waals surface area contributed by atoms with Crippen molar-refractivity contribution in [3.63, 3.8) is 0 Å². The van der Waals surface area contributed by atoms with Gasteiger partial charge >= 0.3 is 0 Å². The van der Waals surface area contributed by atoms with E-state index in [1.165, 1.54) is 11.1 Å². The van der Waals surface area contributed by atoms with E-state index in [9.17, 15) is 0 Å². The molecule has 21 heavy (non-hydrogen) atoms. The van der Waals surface area contributed by atoms with Crippen LogP contribution in [0.1, 0.15) is 43.9 Å². The summed E-state index contributed by atoms with van der Waals surface area (Å²) in [6.45, 7) is 6.03. The fourth-order valence-corrected chi connectivity index (χ4v) is 2.24. The van der Waals surface area contributed by atoms with Crippen molar-refractivity contribution in [3.05, 3.63) is 59.9 Å². The number of hydrogen-bond acceptors (Lipinski definition) is 3. The maximum atomic E-state index is 5.64. The first-order valence-electron chi connectivity index (χ1n) is 7.71. The van der Waals surface area contributed by atoms with Gasteiger partial charge in [-0.15, -0.1) is 0 Å². The molecule has 0 aliphatic rings. The van der Waals surface area contributed by atoms with Gasteiger partial charge in [-0.2, -0.15) is 0 Å². The summed E-state index contributed by atoms with van der Waals surface area (Å²) in [7, 11) is 0. The van der Waals surface area contributed by atoms with Crippen molar-refractivity contribution in [2.75, 3.05) is 13.2 Å². The number of pyridine rings is 1. The van der Waals surface area contributed by atoms with E-state index in [2.05, 4.69) is 42.3 Å². The molecule has 0 aliphatic heterocycles. The zero-order valence-corrected chi connectivity index (χ0v) is 12.9. The molecule has 1 unspecified atom stereocenters. The van der Waals surface area contributed by atoms with E-state index in [1.54, 1.807) is 0 Å². The summed E-state index contributed by atoms with van der Waals surface area (Å²) in [5.41, 5.74) is 2.42. The number of aromatic nitrogens is 1. The summed E-state index contributed by atoms with van der Waals surface area (Å²) in [4.78, 5) is 4.23. The van der Waals surface area contributed by atoms with E-state index >= 15 is 0 Å². The maximum Gasteiger partial charge on any atom is 0.119 e. The van der Waals surface area contributed by atoms with E-state index in [0.717, 1.165) is 31.7 Å². The minimum absolute atomic E-state index is 0.180. The molecule has 0 bridgehead atoms. The number of nitrogens with zero attached hydrogens (tertiary/aromatic N) is 1. The Hall–Kier alpha value is -1.87. The second-order valence-electron chi connectivity index (χ2n) is 5.09. The smallest absolute Gasteiger partial charge is 0.119 e. The molecule has 0 aliphatic carbocycles. The minimum atomic E-state index is 0.180. The monoisotopic (exact) mass is 284 g/mol. The van der Waals surface area contributed by atoms with Gasteiger partial charge in [0.2, 0.25) is 0 Å². The molecule has 3 nitrogen and oxygen atoms in total. The van der Waals surface area contributed by atoms with Crippen LogP contribution in [0.5, 0.6) is 5.75 Å². The van der Waals surface area contributed by atoms with E-state index in [1.807, 2.05) is 30.6 Å². The number of hydrogen-bond donors (Lipinski definition) is 1. The zero-order chi connectivity index (χ0) is 14.9. The van der Waals surface area contributed by atoms with Crippen molar-refractivity contribution in [2.24, 2.45) is 0 Å². The first-order chi connectivity index (χ1) is 10.3. The number of nitrogens with one attached hydrogen (secondary N) is 1. The van der Waals surface area contributed by atoms with Crippen molar-refractivity contribution < 1.29 is 4.74 Å². The molecule has 112 valence electrons. The first-order valence-corrected chi connectivity index (χ1v) is 7.71. The molecule has 2 rings (SSSR count). The molecular formula is C18H24N2O. The van der Waals surface area contributed by atoms with Crippen LogP contribution in [0.3, 0.4) is 0 Å². The van der Waals surface area contributed by atoms with Gasteiger partial charge in [-0.25, -0.2) is 0 Å². The highest BCUT2D eigenvalue weighted by molar-refractivity contribution is 5.34. The lowest BCUT2D eigenvalue weighted by Gasteiger charge is -2.19. The van der Waals surface area contributed by atoms with Gasteiger partial charge in [-0.1, -0.05) is 32.0 Å². The SMILES string of the molecule is CCCNC(c1ccc(OCCC)cc1)c1cccnc1.